The van der Waals surface area contributed by atoms with Crippen molar-refractivity contribution < 1.29 is 19.1 Å². The highest BCUT2D eigenvalue weighted by Gasteiger charge is 2.26. The molecule has 1 aliphatic heterocycles. The molecule has 1 saturated carbocycles. The van der Waals surface area contributed by atoms with E-state index in [4.69, 9.17) is 4.74 Å². The summed E-state index contributed by atoms with van der Waals surface area (Å²) in [5, 5.41) is 5.80. The number of carbonyl (C=O) groups is 3. The summed E-state index contributed by atoms with van der Waals surface area (Å²) in [5.41, 5.74) is 0.542. The number of anilines is 1. The second-order valence-corrected chi connectivity index (χ2v) is 9.27. The zero-order valence-electron chi connectivity index (χ0n) is 18.8. The van der Waals surface area contributed by atoms with E-state index < -0.39 is 11.7 Å². The number of ether oxygens (including phenoxy) is 1. The van der Waals surface area contributed by atoms with Crippen molar-refractivity contribution in [3.63, 3.8) is 0 Å². The summed E-state index contributed by atoms with van der Waals surface area (Å²) in [4.78, 5) is 40.7. The lowest BCUT2D eigenvalue weighted by molar-refractivity contribution is 0.0634. The van der Waals surface area contributed by atoms with Gasteiger partial charge in [0.1, 0.15) is 5.60 Å². The Morgan fingerprint density at radius 3 is 2.06 bits per heavy atom. The van der Waals surface area contributed by atoms with E-state index in [-0.39, 0.29) is 18.0 Å². The first-order valence-corrected chi connectivity index (χ1v) is 11.2. The molecule has 1 heterocycles. The van der Waals surface area contributed by atoms with E-state index in [0.717, 1.165) is 12.8 Å². The molecule has 2 aliphatic rings. The van der Waals surface area contributed by atoms with Crippen LogP contribution in [0.3, 0.4) is 0 Å². The molecule has 0 bridgehead atoms. The fraction of sp³-hybridized carbons (Fsp3) is 0.609. The maximum atomic E-state index is 12.8. The van der Waals surface area contributed by atoms with Crippen molar-refractivity contribution in [2.24, 2.45) is 0 Å². The molecule has 0 unspecified atom stereocenters. The number of piperazine rings is 1. The van der Waals surface area contributed by atoms with E-state index in [1.807, 2.05) is 0 Å². The minimum Gasteiger partial charge on any atom is -0.444 e. The predicted octanol–water partition coefficient (Wildman–Crippen LogP) is 3.83. The molecule has 4 amide bonds. The van der Waals surface area contributed by atoms with Gasteiger partial charge < -0.3 is 19.9 Å². The molecule has 8 heteroatoms. The molecule has 0 aromatic heterocycles. The quantitative estimate of drug-likeness (QED) is 0.762. The molecule has 2 N–H and O–H groups in total. The SMILES string of the molecule is CC(C)(C)OC(=O)Nc1ccc(C(=O)N2CCN(C(=O)NC3CCCCC3)CC2)cc1. The number of nitrogens with one attached hydrogen (secondary N) is 2. The van der Waals surface area contributed by atoms with Gasteiger partial charge in [-0.05, 0) is 57.9 Å². The third-order valence-electron chi connectivity index (χ3n) is 5.56. The van der Waals surface area contributed by atoms with E-state index in [1.165, 1.54) is 19.3 Å². The van der Waals surface area contributed by atoms with Gasteiger partial charge in [-0.1, -0.05) is 19.3 Å². The molecule has 31 heavy (non-hydrogen) atoms. The third-order valence-corrected chi connectivity index (χ3v) is 5.56. The maximum absolute atomic E-state index is 12.8. The van der Waals surface area contributed by atoms with Gasteiger partial charge in [-0.25, -0.2) is 9.59 Å². The Balaban J connectivity index is 1.46. The van der Waals surface area contributed by atoms with Crippen LogP contribution in [-0.4, -0.2) is 65.7 Å². The van der Waals surface area contributed by atoms with Crippen LogP contribution in [-0.2, 0) is 4.74 Å². The monoisotopic (exact) mass is 430 g/mol. The number of hydrogen-bond acceptors (Lipinski definition) is 4. The Bertz CT molecular complexity index is 774. The van der Waals surface area contributed by atoms with Crippen LogP contribution in [0.1, 0.15) is 63.2 Å². The summed E-state index contributed by atoms with van der Waals surface area (Å²) in [5.74, 6) is -0.0730. The molecule has 0 spiro atoms. The first kappa shape index (κ1) is 22.9. The van der Waals surface area contributed by atoms with Crippen molar-refractivity contribution in [2.75, 3.05) is 31.5 Å². The highest BCUT2D eigenvalue weighted by Crippen LogP contribution is 2.18. The average molecular weight is 431 g/mol. The van der Waals surface area contributed by atoms with Gasteiger partial charge in [0.25, 0.3) is 5.91 Å². The van der Waals surface area contributed by atoms with Crippen LogP contribution in [0.5, 0.6) is 0 Å². The van der Waals surface area contributed by atoms with Crippen molar-refractivity contribution in [2.45, 2.75) is 64.5 Å². The summed E-state index contributed by atoms with van der Waals surface area (Å²) >= 11 is 0. The largest absolute Gasteiger partial charge is 0.444 e. The normalized spacial score (nSPS) is 17.8. The smallest absolute Gasteiger partial charge is 0.412 e. The van der Waals surface area contributed by atoms with Gasteiger partial charge in [0.15, 0.2) is 0 Å². The minimum absolute atomic E-state index is 0.0171. The standard InChI is InChI=1S/C23H34N4O4/c1-23(2,3)31-22(30)25-19-11-9-17(10-12-19)20(28)26-13-15-27(16-14-26)21(29)24-18-7-5-4-6-8-18/h9-12,18H,4-8,13-16H2,1-3H3,(H,24,29)(H,25,30). The lowest BCUT2D eigenvalue weighted by atomic mass is 9.96. The molecular formula is C23H34N4O4. The fourth-order valence-corrected chi connectivity index (χ4v) is 3.93. The van der Waals surface area contributed by atoms with E-state index in [9.17, 15) is 14.4 Å². The van der Waals surface area contributed by atoms with Gasteiger partial charge in [-0.3, -0.25) is 10.1 Å². The third kappa shape index (κ3) is 6.87. The number of rotatable bonds is 3. The van der Waals surface area contributed by atoms with E-state index in [1.54, 1.807) is 54.8 Å². The predicted molar refractivity (Wildman–Crippen MR) is 119 cm³/mol. The summed E-state index contributed by atoms with van der Waals surface area (Å²) in [6.45, 7) is 7.48. The molecule has 1 aromatic rings. The van der Waals surface area contributed by atoms with E-state index in [2.05, 4.69) is 10.6 Å². The van der Waals surface area contributed by atoms with Crippen LogP contribution >= 0.6 is 0 Å². The molecule has 0 radical (unpaired) electrons. The first-order valence-electron chi connectivity index (χ1n) is 11.2. The van der Waals surface area contributed by atoms with Crippen molar-refractivity contribution in [1.82, 2.24) is 15.1 Å². The Morgan fingerprint density at radius 1 is 0.903 bits per heavy atom. The van der Waals surface area contributed by atoms with E-state index >= 15 is 0 Å². The molecule has 170 valence electrons. The maximum Gasteiger partial charge on any atom is 0.412 e. The number of hydrogen-bond donors (Lipinski definition) is 2. The van der Waals surface area contributed by atoms with Gasteiger partial charge in [0.2, 0.25) is 0 Å². The Labute approximate surface area is 184 Å². The van der Waals surface area contributed by atoms with Crippen molar-refractivity contribution in [1.29, 1.82) is 0 Å². The summed E-state index contributed by atoms with van der Waals surface area (Å²) in [7, 11) is 0. The highest BCUT2D eigenvalue weighted by atomic mass is 16.6. The first-order chi connectivity index (χ1) is 14.7. The molecule has 3 rings (SSSR count). The molecule has 1 aromatic carbocycles. The Kier molecular flexibility index (Phi) is 7.41. The number of nitrogens with zero attached hydrogens (tertiary/aromatic N) is 2. The number of carbonyl (C=O) groups excluding carboxylic acids is 3. The zero-order valence-corrected chi connectivity index (χ0v) is 18.8. The second kappa shape index (κ2) is 10.0. The van der Waals surface area contributed by atoms with Crippen LogP contribution < -0.4 is 10.6 Å². The van der Waals surface area contributed by atoms with Crippen LogP contribution in [0.4, 0.5) is 15.3 Å². The summed E-state index contributed by atoms with van der Waals surface area (Å²) < 4.78 is 5.23. The van der Waals surface area contributed by atoms with Gasteiger partial charge in [-0.15, -0.1) is 0 Å². The molecule has 1 saturated heterocycles. The lowest BCUT2D eigenvalue weighted by Crippen LogP contribution is -2.54. The fourth-order valence-electron chi connectivity index (χ4n) is 3.93. The van der Waals surface area contributed by atoms with Crippen LogP contribution in [0.25, 0.3) is 0 Å². The van der Waals surface area contributed by atoms with Gasteiger partial charge in [0, 0.05) is 43.5 Å². The molecule has 2 fully saturated rings. The van der Waals surface area contributed by atoms with Crippen LogP contribution in [0.2, 0.25) is 0 Å². The number of urea groups is 1. The summed E-state index contributed by atoms with van der Waals surface area (Å²) in [6.07, 6.45) is 5.20. The Hall–Kier alpha value is -2.77. The topological polar surface area (TPSA) is 91.0 Å². The van der Waals surface area contributed by atoms with Crippen molar-refractivity contribution >= 4 is 23.7 Å². The molecule has 0 atom stereocenters. The highest BCUT2D eigenvalue weighted by molar-refractivity contribution is 5.95. The van der Waals surface area contributed by atoms with Gasteiger partial charge in [0.05, 0.1) is 0 Å². The minimum atomic E-state index is -0.574. The van der Waals surface area contributed by atoms with Crippen LogP contribution in [0, 0.1) is 0 Å². The summed E-state index contributed by atoms with van der Waals surface area (Å²) in [6, 6.07) is 7.02. The van der Waals surface area contributed by atoms with Crippen molar-refractivity contribution in [3.8, 4) is 0 Å². The van der Waals surface area contributed by atoms with Crippen molar-refractivity contribution in [3.05, 3.63) is 29.8 Å². The molecule has 1 aliphatic carbocycles. The number of amides is 4. The second-order valence-electron chi connectivity index (χ2n) is 9.27. The molecule has 8 nitrogen and oxygen atoms in total. The van der Waals surface area contributed by atoms with E-state index in [0.29, 0.717) is 37.4 Å². The number of benzene rings is 1. The Morgan fingerprint density at radius 2 is 1.48 bits per heavy atom. The van der Waals surface area contributed by atoms with Gasteiger partial charge in [-0.2, -0.15) is 0 Å². The molecular weight excluding hydrogens is 396 g/mol. The average Bonchev–Trinajstić information content (AvgIpc) is 2.73. The van der Waals surface area contributed by atoms with Crippen LogP contribution in [0.15, 0.2) is 24.3 Å². The zero-order chi connectivity index (χ0) is 22.4. The van der Waals surface area contributed by atoms with Gasteiger partial charge >= 0.3 is 12.1 Å². The lowest BCUT2D eigenvalue weighted by Gasteiger charge is -2.36.